The van der Waals surface area contributed by atoms with E-state index in [-0.39, 0.29) is 16.8 Å². The van der Waals surface area contributed by atoms with E-state index in [0.717, 1.165) is 6.42 Å². The lowest BCUT2D eigenvalue weighted by Gasteiger charge is -2.80. The molecule has 0 N–H and O–H groups in total. The summed E-state index contributed by atoms with van der Waals surface area (Å²) in [4.78, 5) is 11.7. The largest absolute Gasteiger partial charge is 0.469 e. The summed E-state index contributed by atoms with van der Waals surface area (Å²) in [5.41, 5.74) is 0.690. The van der Waals surface area contributed by atoms with Crippen molar-refractivity contribution in [3.05, 3.63) is 0 Å². The van der Waals surface area contributed by atoms with Crippen LogP contribution in [0.2, 0.25) is 0 Å². The van der Waals surface area contributed by atoms with Gasteiger partial charge >= 0.3 is 5.97 Å². The van der Waals surface area contributed by atoms with Crippen molar-refractivity contribution in [2.75, 3.05) is 7.11 Å². The normalized spacial score (nSPS) is 61.0. The Morgan fingerprint density at radius 1 is 1.46 bits per heavy atom. The van der Waals surface area contributed by atoms with E-state index in [1.54, 1.807) is 0 Å². The summed E-state index contributed by atoms with van der Waals surface area (Å²) in [7, 11) is 1.52. The number of methoxy groups -OCH3 is 1. The zero-order valence-electron chi connectivity index (χ0n) is 8.52. The van der Waals surface area contributed by atoms with Gasteiger partial charge in [0.25, 0.3) is 0 Å². The molecule has 4 atom stereocenters. The minimum atomic E-state index is -0.0590. The summed E-state index contributed by atoms with van der Waals surface area (Å²) < 4.78 is 4.95. The van der Waals surface area contributed by atoms with Crippen LogP contribution in [0.4, 0.5) is 0 Å². The van der Waals surface area contributed by atoms with Gasteiger partial charge in [0.15, 0.2) is 0 Å². The lowest BCUT2D eigenvalue weighted by atomic mass is 9.22. The molecule has 0 aromatic rings. The van der Waals surface area contributed by atoms with Crippen molar-refractivity contribution in [3.63, 3.8) is 0 Å². The Hall–Kier alpha value is -0.530. The fourth-order valence-electron chi connectivity index (χ4n) is 4.85. The number of esters is 1. The molecule has 0 radical (unpaired) electrons. The maximum Gasteiger partial charge on any atom is 0.312 e. The highest BCUT2D eigenvalue weighted by Crippen LogP contribution is 2.93. The molecule has 4 bridgehead atoms. The van der Waals surface area contributed by atoms with Crippen molar-refractivity contribution < 1.29 is 9.53 Å². The second-order valence-electron chi connectivity index (χ2n) is 5.48. The summed E-state index contributed by atoms with van der Waals surface area (Å²) in [6, 6.07) is 0. The molecule has 5 fully saturated rings. The van der Waals surface area contributed by atoms with E-state index in [1.807, 2.05) is 0 Å². The number of rotatable bonds is 1. The van der Waals surface area contributed by atoms with E-state index < -0.39 is 0 Å². The first kappa shape index (κ1) is 7.84. The molecular formula is C11H16O2. The van der Waals surface area contributed by atoms with E-state index in [4.69, 9.17) is 4.74 Å². The molecular weight excluding hydrogens is 164 g/mol. The van der Waals surface area contributed by atoms with Crippen LogP contribution in [0.15, 0.2) is 0 Å². The van der Waals surface area contributed by atoms with Crippen molar-refractivity contribution in [1.82, 2.24) is 0 Å². The van der Waals surface area contributed by atoms with Crippen molar-refractivity contribution in [2.24, 2.45) is 22.2 Å². The Balaban J connectivity index is 2.03. The maximum atomic E-state index is 11.7. The van der Waals surface area contributed by atoms with Gasteiger partial charge in [0.2, 0.25) is 0 Å². The number of carbonyl (C=O) groups excluding carboxylic acids is 1. The predicted octanol–water partition coefficient (Wildman–Crippen LogP) is 1.99. The lowest BCUT2D eigenvalue weighted by Crippen LogP contribution is -2.80. The minimum absolute atomic E-state index is 0.0567. The average molecular weight is 180 g/mol. The molecule has 5 saturated carbocycles. The number of hydrogen-bond acceptors (Lipinski definition) is 2. The quantitative estimate of drug-likeness (QED) is 0.577. The highest BCUT2D eigenvalue weighted by Gasteiger charge is 2.92. The lowest BCUT2D eigenvalue weighted by molar-refractivity contribution is -0.337. The SMILES string of the molecule is COC(=O)[C@]12C[C@@]3(C)[C@@H]1CC[C@@]32C. The van der Waals surface area contributed by atoms with Gasteiger partial charge in [-0.3, -0.25) is 4.79 Å². The van der Waals surface area contributed by atoms with Crippen LogP contribution < -0.4 is 0 Å². The van der Waals surface area contributed by atoms with Crippen LogP contribution in [0.25, 0.3) is 0 Å². The first-order valence-electron chi connectivity index (χ1n) is 5.11. The average Bonchev–Trinajstić information content (AvgIpc) is 2.48. The number of ether oxygens (including phenoxy) is 1. The first-order valence-corrected chi connectivity index (χ1v) is 5.11. The highest BCUT2D eigenvalue weighted by molar-refractivity contribution is 5.84. The van der Waals surface area contributed by atoms with Crippen LogP contribution in [0.3, 0.4) is 0 Å². The van der Waals surface area contributed by atoms with Crippen molar-refractivity contribution in [3.8, 4) is 0 Å². The van der Waals surface area contributed by atoms with Gasteiger partial charge in [-0.1, -0.05) is 13.8 Å². The molecule has 0 saturated heterocycles. The first-order chi connectivity index (χ1) is 6.03. The third-order valence-corrected chi connectivity index (χ3v) is 5.74. The van der Waals surface area contributed by atoms with Gasteiger partial charge in [0, 0.05) is 0 Å². The Bertz CT molecular complexity index is 311. The van der Waals surface area contributed by atoms with Gasteiger partial charge < -0.3 is 4.74 Å². The monoisotopic (exact) mass is 180 g/mol. The molecule has 72 valence electrons. The van der Waals surface area contributed by atoms with E-state index in [9.17, 15) is 4.79 Å². The van der Waals surface area contributed by atoms with Crippen LogP contribution in [0.5, 0.6) is 0 Å². The fraction of sp³-hybridized carbons (Fsp3) is 0.909. The predicted molar refractivity (Wildman–Crippen MR) is 48.0 cm³/mol. The van der Waals surface area contributed by atoms with Gasteiger partial charge in [-0.2, -0.15) is 0 Å². The summed E-state index contributed by atoms with van der Waals surface area (Å²) >= 11 is 0. The Morgan fingerprint density at radius 3 is 2.54 bits per heavy atom. The van der Waals surface area contributed by atoms with E-state index in [1.165, 1.54) is 20.0 Å². The Labute approximate surface area is 78.6 Å². The van der Waals surface area contributed by atoms with E-state index in [2.05, 4.69) is 13.8 Å². The van der Waals surface area contributed by atoms with Crippen molar-refractivity contribution in [2.45, 2.75) is 33.1 Å². The zero-order valence-corrected chi connectivity index (χ0v) is 8.52. The molecule has 0 aliphatic heterocycles. The summed E-state index contributed by atoms with van der Waals surface area (Å²) in [6.45, 7) is 4.62. The molecule has 2 nitrogen and oxygen atoms in total. The molecule has 5 aliphatic rings. The molecule has 5 aliphatic carbocycles. The van der Waals surface area contributed by atoms with Gasteiger partial charge in [-0.15, -0.1) is 0 Å². The topological polar surface area (TPSA) is 26.3 Å². The molecule has 0 aromatic carbocycles. The van der Waals surface area contributed by atoms with Crippen LogP contribution in [0, 0.1) is 22.2 Å². The second-order valence-corrected chi connectivity index (χ2v) is 5.48. The van der Waals surface area contributed by atoms with Crippen LogP contribution in [0.1, 0.15) is 33.1 Å². The second kappa shape index (κ2) is 1.67. The third kappa shape index (κ3) is 0.420. The van der Waals surface area contributed by atoms with E-state index >= 15 is 0 Å². The summed E-state index contributed by atoms with van der Waals surface area (Å²) in [6.07, 6.45) is 3.54. The maximum absolute atomic E-state index is 11.7. The van der Waals surface area contributed by atoms with Crippen molar-refractivity contribution >= 4 is 5.97 Å². The van der Waals surface area contributed by atoms with Crippen LogP contribution >= 0.6 is 0 Å². The number of carbonyl (C=O) groups is 1. The molecule has 13 heavy (non-hydrogen) atoms. The molecule has 0 amide bonds. The number of hydrogen-bond donors (Lipinski definition) is 0. The van der Waals surface area contributed by atoms with Crippen molar-refractivity contribution in [1.29, 1.82) is 0 Å². The Kier molecular flexibility index (Phi) is 1.00. The zero-order chi connectivity index (χ0) is 9.48. The standard InChI is InChI=1S/C11H16O2/c1-9-6-11(8(12)13-3)7(9)4-5-10(9,11)2/h7H,4-6H2,1-3H3/t7-,9-,10-,11-/m0/s1. The molecule has 0 aromatic heterocycles. The van der Waals surface area contributed by atoms with Gasteiger partial charge in [0.05, 0.1) is 12.5 Å². The van der Waals surface area contributed by atoms with E-state index in [0.29, 0.717) is 11.3 Å². The summed E-state index contributed by atoms with van der Waals surface area (Å²) in [5, 5.41) is 0. The summed E-state index contributed by atoms with van der Waals surface area (Å²) in [5.74, 6) is 0.693. The van der Waals surface area contributed by atoms with Gasteiger partial charge in [-0.05, 0) is 36.0 Å². The molecule has 2 heteroatoms. The molecule has 0 unspecified atom stereocenters. The van der Waals surface area contributed by atoms with Crippen LogP contribution in [-0.4, -0.2) is 13.1 Å². The number of fused-ring (bicyclic) bond motifs is 1. The molecule has 0 heterocycles. The fourth-order valence-corrected chi connectivity index (χ4v) is 4.85. The van der Waals surface area contributed by atoms with Gasteiger partial charge in [-0.25, -0.2) is 0 Å². The van der Waals surface area contributed by atoms with Gasteiger partial charge in [0.1, 0.15) is 0 Å². The molecule has 5 rings (SSSR count). The van der Waals surface area contributed by atoms with Crippen LogP contribution in [-0.2, 0) is 9.53 Å². The highest BCUT2D eigenvalue weighted by atomic mass is 16.5. The Morgan fingerprint density at radius 2 is 2.15 bits per heavy atom. The smallest absolute Gasteiger partial charge is 0.312 e. The third-order valence-electron chi connectivity index (χ3n) is 5.74. The minimum Gasteiger partial charge on any atom is -0.469 e. The molecule has 0 spiro atoms.